The molecule has 3 N–H and O–H groups in total. The Hall–Kier alpha value is -0.0300. The number of amides is 1. The molecule has 0 aliphatic rings. The average Bonchev–Trinajstić information content (AvgIpc) is 2.15. The van der Waals surface area contributed by atoms with Crippen molar-refractivity contribution in [3.05, 3.63) is 0 Å². The van der Waals surface area contributed by atoms with Crippen molar-refractivity contribution in [3.63, 3.8) is 0 Å². The molecule has 4 nitrogen and oxygen atoms in total. The summed E-state index contributed by atoms with van der Waals surface area (Å²) in [7, 11) is 1.95. The van der Waals surface area contributed by atoms with Crippen LogP contribution in [0.1, 0.15) is 41.0 Å². The summed E-state index contributed by atoms with van der Waals surface area (Å²) < 4.78 is 0. The summed E-state index contributed by atoms with van der Waals surface area (Å²) in [6, 6.07) is 0.370. The summed E-state index contributed by atoms with van der Waals surface area (Å²) in [6.45, 7) is 11.3. The second-order valence-corrected chi connectivity index (χ2v) is 5.92. The first-order valence-electron chi connectivity index (χ1n) is 6.41. The van der Waals surface area contributed by atoms with Crippen LogP contribution in [0.25, 0.3) is 0 Å². The van der Waals surface area contributed by atoms with Gasteiger partial charge in [-0.3, -0.25) is 9.69 Å². The molecule has 6 heteroatoms. The van der Waals surface area contributed by atoms with Crippen LogP contribution in [0.15, 0.2) is 0 Å². The first-order chi connectivity index (χ1) is 7.70. The van der Waals surface area contributed by atoms with E-state index >= 15 is 0 Å². The van der Waals surface area contributed by atoms with Crippen LogP contribution in [0.4, 0.5) is 0 Å². The molecule has 0 aliphatic carbocycles. The predicted molar refractivity (Wildman–Crippen MR) is 87.3 cm³/mol. The number of nitrogens with two attached hydrogens (primary N) is 1. The topological polar surface area (TPSA) is 58.4 Å². The van der Waals surface area contributed by atoms with E-state index < -0.39 is 0 Å². The number of hydrogen-bond donors (Lipinski definition) is 2. The average molecular weight is 316 g/mol. The molecule has 0 saturated carbocycles. The summed E-state index contributed by atoms with van der Waals surface area (Å²) in [5.41, 5.74) is 5.48. The van der Waals surface area contributed by atoms with Crippen molar-refractivity contribution in [2.75, 3.05) is 20.1 Å². The van der Waals surface area contributed by atoms with Crippen LogP contribution < -0.4 is 11.1 Å². The highest BCUT2D eigenvalue weighted by molar-refractivity contribution is 5.85. The lowest BCUT2D eigenvalue weighted by Gasteiger charge is -2.32. The summed E-state index contributed by atoms with van der Waals surface area (Å²) in [4.78, 5) is 13.9. The number of carbonyl (C=O) groups is 1. The third-order valence-corrected chi connectivity index (χ3v) is 3.03. The van der Waals surface area contributed by atoms with E-state index in [4.69, 9.17) is 5.73 Å². The number of rotatable bonds is 7. The van der Waals surface area contributed by atoms with Gasteiger partial charge in [-0.25, -0.2) is 0 Å². The van der Waals surface area contributed by atoms with Crippen molar-refractivity contribution in [1.29, 1.82) is 0 Å². The second-order valence-electron chi connectivity index (χ2n) is 5.92. The van der Waals surface area contributed by atoms with Gasteiger partial charge in [0.05, 0.1) is 6.54 Å². The van der Waals surface area contributed by atoms with Crippen LogP contribution in [-0.4, -0.2) is 42.5 Å². The molecular weight excluding hydrogens is 285 g/mol. The monoisotopic (exact) mass is 315 g/mol. The van der Waals surface area contributed by atoms with Crippen LogP contribution >= 0.6 is 24.8 Å². The van der Waals surface area contributed by atoms with Gasteiger partial charge in [-0.2, -0.15) is 0 Å². The Morgan fingerprint density at radius 2 is 1.74 bits per heavy atom. The van der Waals surface area contributed by atoms with E-state index in [-0.39, 0.29) is 36.3 Å². The van der Waals surface area contributed by atoms with E-state index in [0.29, 0.717) is 25.0 Å². The Labute approximate surface area is 130 Å². The maximum Gasteiger partial charge on any atom is 0.234 e. The quantitative estimate of drug-likeness (QED) is 0.756. The molecule has 0 aromatic heterocycles. The lowest BCUT2D eigenvalue weighted by Crippen LogP contribution is -2.54. The zero-order chi connectivity index (χ0) is 13.6. The maximum atomic E-state index is 11.9. The van der Waals surface area contributed by atoms with Gasteiger partial charge >= 0.3 is 0 Å². The number of likely N-dealkylation sites (N-methyl/N-ethyl adjacent to an activating group) is 1. The van der Waals surface area contributed by atoms with Gasteiger partial charge in [-0.15, -0.1) is 24.8 Å². The van der Waals surface area contributed by atoms with E-state index in [9.17, 15) is 4.79 Å². The highest BCUT2D eigenvalue weighted by Gasteiger charge is 2.26. The fourth-order valence-corrected chi connectivity index (χ4v) is 1.87. The summed E-state index contributed by atoms with van der Waals surface area (Å²) in [5, 5.41) is 3.05. The highest BCUT2D eigenvalue weighted by Crippen LogP contribution is 2.15. The molecule has 0 aromatic carbocycles. The molecule has 0 spiro atoms. The molecule has 0 saturated heterocycles. The second kappa shape index (κ2) is 10.7. The standard InChI is InChI=1S/C13H29N3O.2ClH/c1-10(2)7-13(5,9-14)15-12(17)8-16(6)11(3)4;;/h10-11H,7-9,14H2,1-6H3,(H,15,17);2*1H. The smallest absolute Gasteiger partial charge is 0.234 e. The fraction of sp³-hybridized carbons (Fsp3) is 0.923. The molecule has 19 heavy (non-hydrogen) atoms. The number of halogens is 2. The number of nitrogens with one attached hydrogen (secondary N) is 1. The van der Waals surface area contributed by atoms with Crippen molar-refractivity contribution in [2.24, 2.45) is 11.7 Å². The minimum atomic E-state index is -0.289. The van der Waals surface area contributed by atoms with Crippen LogP contribution in [0, 0.1) is 5.92 Å². The van der Waals surface area contributed by atoms with Crippen molar-refractivity contribution in [1.82, 2.24) is 10.2 Å². The fourth-order valence-electron chi connectivity index (χ4n) is 1.87. The first-order valence-corrected chi connectivity index (χ1v) is 6.41. The van der Waals surface area contributed by atoms with Crippen molar-refractivity contribution in [2.45, 2.75) is 52.6 Å². The van der Waals surface area contributed by atoms with Crippen molar-refractivity contribution in [3.8, 4) is 0 Å². The van der Waals surface area contributed by atoms with Crippen molar-refractivity contribution >= 4 is 30.7 Å². The zero-order valence-corrected chi connectivity index (χ0v) is 14.7. The molecule has 1 amide bonds. The molecule has 0 bridgehead atoms. The minimum absolute atomic E-state index is 0. The largest absolute Gasteiger partial charge is 0.349 e. The maximum absolute atomic E-state index is 11.9. The van der Waals surface area contributed by atoms with Gasteiger partial charge < -0.3 is 11.1 Å². The van der Waals surface area contributed by atoms with Gasteiger partial charge in [0, 0.05) is 18.1 Å². The Bertz CT molecular complexity index is 250. The van der Waals surface area contributed by atoms with Crippen molar-refractivity contribution < 1.29 is 4.79 Å². The SMILES string of the molecule is CC(C)CC(C)(CN)NC(=O)CN(C)C(C)C.Cl.Cl. The van der Waals surface area contributed by atoms with Crippen LogP contribution in [0.5, 0.6) is 0 Å². The van der Waals surface area contributed by atoms with Gasteiger partial charge in [-0.05, 0) is 40.2 Å². The lowest BCUT2D eigenvalue weighted by atomic mass is 9.90. The zero-order valence-electron chi connectivity index (χ0n) is 13.0. The number of nitrogens with zero attached hydrogens (tertiary/aromatic N) is 1. The molecule has 0 fully saturated rings. The predicted octanol–water partition coefficient (Wildman–Crippen LogP) is 2.05. The van der Waals surface area contributed by atoms with E-state index in [1.54, 1.807) is 0 Å². The number of hydrogen-bond acceptors (Lipinski definition) is 3. The Kier molecular flexibility index (Phi) is 13.6. The number of carbonyl (C=O) groups excluding carboxylic acids is 1. The third-order valence-electron chi connectivity index (χ3n) is 3.03. The van der Waals surface area contributed by atoms with Gasteiger partial charge in [0.15, 0.2) is 0 Å². The molecule has 118 valence electrons. The summed E-state index contributed by atoms with van der Waals surface area (Å²) in [6.07, 6.45) is 0.903. The lowest BCUT2D eigenvalue weighted by molar-refractivity contribution is -0.124. The van der Waals surface area contributed by atoms with Crippen LogP contribution in [0.3, 0.4) is 0 Å². The normalized spacial score (nSPS) is 13.8. The van der Waals surface area contributed by atoms with E-state index in [1.165, 1.54) is 0 Å². The Balaban J connectivity index is -0.00000128. The Morgan fingerprint density at radius 3 is 2.05 bits per heavy atom. The summed E-state index contributed by atoms with van der Waals surface area (Å²) in [5.74, 6) is 0.571. The van der Waals surface area contributed by atoms with Gasteiger partial charge in [0.1, 0.15) is 0 Å². The summed E-state index contributed by atoms with van der Waals surface area (Å²) >= 11 is 0. The minimum Gasteiger partial charge on any atom is -0.349 e. The van der Waals surface area contributed by atoms with E-state index in [2.05, 4.69) is 33.0 Å². The van der Waals surface area contributed by atoms with Gasteiger partial charge in [0.2, 0.25) is 5.91 Å². The van der Waals surface area contributed by atoms with Gasteiger partial charge in [0.25, 0.3) is 0 Å². The van der Waals surface area contributed by atoms with Crippen LogP contribution in [-0.2, 0) is 4.79 Å². The molecule has 0 aliphatic heterocycles. The molecule has 1 unspecified atom stereocenters. The molecular formula is C13H31Cl2N3O. The van der Waals surface area contributed by atoms with Crippen LogP contribution in [0.2, 0.25) is 0 Å². The van der Waals surface area contributed by atoms with Gasteiger partial charge in [-0.1, -0.05) is 13.8 Å². The Morgan fingerprint density at radius 1 is 1.26 bits per heavy atom. The third kappa shape index (κ3) is 10.4. The molecule has 0 heterocycles. The molecule has 1 atom stereocenters. The van der Waals surface area contributed by atoms with E-state index in [1.807, 2.05) is 18.9 Å². The molecule has 0 aromatic rings. The highest BCUT2D eigenvalue weighted by atomic mass is 35.5. The van der Waals surface area contributed by atoms with E-state index in [0.717, 1.165) is 6.42 Å². The molecule has 0 radical (unpaired) electrons. The first kappa shape index (κ1) is 24.0. The molecule has 0 rings (SSSR count).